The van der Waals surface area contributed by atoms with Crippen molar-refractivity contribution in [2.45, 2.75) is 186 Å². The second kappa shape index (κ2) is 45.0. The van der Waals surface area contributed by atoms with Gasteiger partial charge in [-0.3, -0.25) is 9.59 Å². The zero-order valence-electron chi connectivity index (χ0n) is 38.6. The van der Waals surface area contributed by atoms with Crippen LogP contribution in [-0.2, 0) is 38.0 Å². The molecule has 350 valence electrons. The maximum atomic E-state index is 12.0. The minimum atomic E-state index is -0.127. The van der Waals surface area contributed by atoms with Gasteiger partial charge in [-0.05, 0) is 63.0 Å². The average Bonchev–Trinajstić information content (AvgIpc) is 3.25. The van der Waals surface area contributed by atoms with Crippen LogP contribution in [0.5, 0.6) is 11.5 Å². The minimum absolute atomic E-state index is 0.127. The molecule has 10 nitrogen and oxygen atoms in total. The molecule has 0 radical (unpaired) electrons. The molecule has 0 spiro atoms. The molecule has 0 saturated heterocycles. The van der Waals surface area contributed by atoms with Gasteiger partial charge in [0.25, 0.3) is 0 Å². The molecular weight excluding hydrogens is 781 g/mol. The van der Waals surface area contributed by atoms with Crippen LogP contribution in [0.3, 0.4) is 0 Å². The number of carbonyl (C=O) groups is 2. The maximum absolute atomic E-state index is 12.0. The van der Waals surface area contributed by atoms with Crippen LogP contribution in [0, 0.1) is 0 Å². The first-order valence-corrected chi connectivity index (χ1v) is 25.4. The summed E-state index contributed by atoms with van der Waals surface area (Å²) in [6, 6.07) is 6.24. The van der Waals surface area contributed by atoms with E-state index in [1.807, 2.05) is 6.07 Å². The van der Waals surface area contributed by atoms with E-state index in [1.165, 1.54) is 81.9 Å². The van der Waals surface area contributed by atoms with Crippen molar-refractivity contribution in [2.24, 2.45) is 0 Å². The summed E-state index contributed by atoms with van der Waals surface area (Å²) < 4.78 is 45.0. The highest BCUT2D eigenvalue weighted by molar-refractivity contribution is 7.98. The smallest absolute Gasteiger partial charge is 0.305 e. The monoisotopic (exact) mass is 869 g/mol. The summed E-state index contributed by atoms with van der Waals surface area (Å²) in [5.41, 5.74) is 0. The number of carbonyl (C=O) groups excluding carboxylic acids is 2. The van der Waals surface area contributed by atoms with Crippen LogP contribution in [0.15, 0.2) is 23.1 Å². The normalized spacial score (nSPS) is 11.2. The van der Waals surface area contributed by atoms with Crippen LogP contribution in [0.2, 0.25) is 0 Å². The topological polar surface area (TPSA) is 108 Å². The lowest BCUT2D eigenvalue weighted by molar-refractivity contribution is -0.146. The van der Waals surface area contributed by atoms with Gasteiger partial charge in [-0.15, -0.1) is 11.8 Å². The van der Waals surface area contributed by atoms with Gasteiger partial charge < -0.3 is 37.9 Å². The van der Waals surface area contributed by atoms with E-state index in [4.69, 9.17) is 37.9 Å². The number of rotatable bonds is 47. The minimum Gasteiger partial charge on any atom is -0.490 e. The van der Waals surface area contributed by atoms with Crippen molar-refractivity contribution in [1.29, 1.82) is 0 Å². The largest absolute Gasteiger partial charge is 0.490 e. The molecule has 0 heterocycles. The molecule has 0 saturated carbocycles. The van der Waals surface area contributed by atoms with E-state index < -0.39 is 0 Å². The van der Waals surface area contributed by atoms with Crippen LogP contribution in [0.1, 0.15) is 181 Å². The molecule has 0 aliphatic heterocycles. The van der Waals surface area contributed by atoms with E-state index >= 15 is 0 Å². The van der Waals surface area contributed by atoms with Crippen LogP contribution in [0.25, 0.3) is 0 Å². The molecule has 0 bridgehead atoms. The van der Waals surface area contributed by atoms with Crippen molar-refractivity contribution < 1.29 is 47.5 Å². The Balaban J connectivity index is 1.95. The van der Waals surface area contributed by atoms with Crippen molar-refractivity contribution in [3.63, 3.8) is 0 Å². The third-order valence-corrected chi connectivity index (χ3v) is 11.0. The van der Waals surface area contributed by atoms with Gasteiger partial charge in [0.15, 0.2) is 11.5 Å². The highest BCUT2D eigenvalue weighted by Gasteiger charge is 2.08. The van der Waals surface area contributed by atoms with E-state index in [1.54, 1.807) is 11.8 Å². The van der Waals surface area contributed by atoms with E-state index in [9.17, 15) is 9.59 Å². The summed E-state index contributed by atoms with van der Waals surface area (Å²) in [6.07, 6.45) is 30.5. The molecule has 1 rings (SSSR count). The second-order valence-electron chi connectivity index (χ2n) is 15.7. The Labute approximate surface area is 370 Å². The van der Waals surface area contributed by atoms with Crippen LogP contribution >= 0.6 is 11.8 Å². The fourth-order valence-corrected chi connectivity index (χ4v) is 6.98. The molecule has 11 heteroatoms. The highest BCUT2D eigenvalue weighted by atomic mass is 32.2. The fraction of sp³-hybridized carbons (Fsp3) is 0.837. The lowest BCUT2D eigenvalue weighted by atomic mass is 10.1. The average molecular weight is 869 g/mol. The summed E-state index contributed by atoms with van der Waals surface area (Å²) in [6.45, 7) is 11.2. The molecule has 1 aromatic carbocycles. The number of thioether (sulfide) groups is 1. The van der Waals surface area contributed by atoms with Gasteiger partial charge in [0, 0.05) is 31.0 Å². The molecule has 0 aliphatic rings. The van der Waals surface area contributed by atoms with Gasteiger partial charge in [-0.2, -0.15) is 0 Å². The maximum Gasteiger partial charge on any atom is 0.305 e. The third kappa shape index (κ3) is 37.7. The van der Waals surface area contributed by atoms with Crippen LogP contribution < -0.4 is 9.47 Å². The molecule has 0 N–H and O–H groups in total. The van der Waals surface area contributed by atoms with Gasteiger partial charge in [-0.25, -0.2) is 0 Å². The number of benzene rings is 1. The van der Waals surface area contributed by atoms with Gasteiger partial charge in [0.1, 0.15) is 13.2 Å². The first-order valence-electron chi connectivity index (χ1n) is 24.2. The Morgan fingerprint density at radius 3 is 1.18 bits per heavy atom. The molecule has 60 heavy (non-hydrogen) atoms. The Morgan fingerprint density at radius 1 is 0.400 bits per heavy atom. The predicted octanol–water partition coefficient (Wildman–Crippen LogP) is 12.5. The predicted molar refractivity (Wildman–Crippen MR) is 246 cm³/mol. The van der Waals surface area contributed by atoms with E-state index in [-0.39, 0.29) is 11.9 Å². The van der Waals surface area contributed by atoms with E-state index in [2.05, 4.69) is 32.2 Å². The SMILES string of the molecule is CCCCCCOCCOCCOC(=O)CCCCCCCCCCOc1ccc(SC)cc1OCCCCCCCCCCC(=O)OCCOCCOCCCCCC. The number of hydrogen-bond donors (Lipinski definition) is 0. The second-order valence-corrected chi connectivity index (χ2v) is 16.6. The van der Waals surface area contributed by atoms with E-state index in [0.29, 0.717) is 78.9 Å². The number of hydrogen-bond acceptors (Lipinski definition) is 11. The third-order valence-electron chi connectivity index (χ3n) is 10.2. The summed E-state index contributed by atoms with van der Waals surface area (Å²) in [4.78, 5) is 25.1. The van der Waals surface area contributed by atoms with Gasteiger partial charge in [0.2, 0.25) is 0 Å². The molecule has 0 aromatic heterocycles. The van der Waals surface area contributed by atoms with Crippen molar-refractivity contribution in [3.05, 3.63) is 18.2 Å². The summed E-state index contributed by atoms with van der Waals surface area (Å²) in [7, 11) is 0. The Hall–Kier alpha value is -2.05. The standard InChI is InChI=1S/C49H88O10S/c1-4-6-8-24-32-52-36-38-54-40-42-58-48(50)28-22-18-14-10-12-16-20-26-34-56-46-31-30-45(60-3)44-47(46)57-35-27-21-17-13-11-15-19-23-29-49(51)59-43-41-55-39-37-53-33-25-9-7-5-2/h30-31,44H,4-29,32-43H2,1-3H3. The molecule has 1 aromatic rings. The van der Waals surface area contributed by atoms with Gasteiger partial charge in [-0.1, -0.05) is 129 Å². The lowest BCUT2D eigenvalue weighted by Gasteiger charge is -2.14. The van der Waals surface area contributed by atoms with E-state index in [0.717, 1.165) is 102 Å². The number of unbranched alkanes of at least 4 members (excludes halogenated alkanes) is 20. The lowest BCUT2D eigenvalue weighted by Crippen LogP contribution is -2.13. The molecule has 0 unspecified atom stereocenters. The van der Waals surface area contributed by atoms with Gasteiger partial charge >= 0.3 is 11.9 Å². The summed E-state index contributed by atoms with van der Waals surface area (Å²) >= 11 is 1.71. The number of esters is 2. The Morgan fingerprint density at radius 2 is 0.750 bits per heavy atom. The zero-order chi connectivity index (χ0) is 43.2. The molecule has 0 amide bonds. The van der Waals surface area contributed by atoms with Crippen molar-refractivity contribution in [1.82, 2.24) is 0 Å². The molecule has 0 aliphatic carbocycles. The first kappa shape index (κ1) is 56.0. The zero-order valence-corrected chi connectivity index (χ0v) is 39.4. The molecule has 0 atom stereocenters. The van der Waals surface area contributed by atoms with Crippen LogP contribution in [-0.4, -0.2) is 97.5 Å². The van der Waals surface area contributed by atoms with Crippen molar-refractivity contribution in [2.75, 3.05) is 85.5 Å². The van der Waals surface area contributed by atoms with Crippen molar-refractivity contribution >= 4 is 23.7 Å². The van der Waals surface area contributed by atoms with Crippen molar-refractivity contribution in [3.8, 4) is 11.5 Å². The summed E-state index contributed by atoms with van der Waals surface area (Å²) in [5, 5.41) is 0. The molecular formula is C49H88O10S. The Bertz CT molecular complexity index is 1090. The molecule has 0 fully saturated rings. The quantitative estimate of drug-likeness (QED) is 0.0355. The first-order chi connectivity index (χ1) is 29.6. The highest BCUT2D eigenvalue weighted by Crippen LogP contribution is 2.32. The summed E-state index contributed by atoms with van der Waals surface area (Å²) in [5.74, 6) is 1.43. The van der Waals surface area contributed by atoms with Crippen LogP contribution in [0.4, 0.5) is 0 Å². The Kier molecular flexibility index (Phi) is 42.0. The fourth-order valence-electron chi connectivity index (χ4n) is 6.55. The van der Waals surface area contributed by atoms with Gasteiger partial charge in [0.05, 0.1) is 52.9 Å². The number of ether oxygens (including phenoxy) is 8.